The minimum atomic E-state index is -5.12. The third-order valence-corrected chi connectivity index (χ3v) is 2.39. The first-order valence-electron chi connectivity index (χ1n) is 5.04. The zero-order chi connectivity index (χ0) is 14.7. The molecule has 6 nitrogen and oxygen atoms in total. The topological polar surface area (TPSA) is 91.6 Å². The quantitative estimate of drug-likeness (QED) is 0.779. The van der Waals surface area contributed by atoms with Crippen LogP contribution in [0.25, 0.3) is 0 Å². The molecule has 0 aliphatic carbocycles. The van der Waals surface area contributed by atoms with E-state index in [1.54, 1.807) is 0 Å². The molecule has 0 saturated heterocycles. The van der Waals surface area contributed by atoms with Crippen molar-refractivity contribution < 1.29 is 32.3 Å². The molecule has 0 aliphatic heterocycles. The molecule has 106 valence electrons. The largest absolute Gasteiger partial charge is 0.479 e. The lowest BCUT2D eigenvalue weighted by Crippen LogP contribution is -2.63. The van der Waals surface area contributed by atoms with E-state index in [1.165, 1.54) is 23.9 Å². The molecule has 0 fully saturated rings. The summed E-state index contributed by atoms with van der Waals surface area (Å²) in [5.41, 5.74) is -2.83. The summed E-state index contributed by atoms with van der Waals surface area (Å²) < 4.78 is 42.5. The van der Waals surface area contributed by atoms with Crippen LogP contribution >= 0.6 is 0 Å². The molecule has 19 heavy (non-hydrogen) atoms. The van der Waals surface area contributed by atoms with E-state index in [-0.39, 0.29) is 6.54 Å². The number of hydrogen-bond acceptors (Lipinski definition) is 3. The number of carboxylic acids is 1. The molecule has 1 aromatic heterocycles. The summed E-state index contributed by atoms with van der Waals surface area (Å²) in [6.45, 7) is 0.280. The molecule has 0 bridgehead atoms. The summed E-state index contributed by atoms with van der Waals surface area (Å²) in [6, 6.07) is 0.254. The summed E-state index contributed by atoms with van der Waals surface area (Å²) >= 11 is 0. The number of amides is 2. The lowest BCUT2D eigenvalue weighted by Gasteiger charge is -2.28. The van der Waals surface area contributed by atoms with Gasteiger partial charge in [0.15, 0.2) is 0 Å². The first kappa shape index (κ1) is 14.9. The second-order valence-corrected chi connectivity index (χ2v) is 3.87. The van der Waals surface area contributed by atoms with Crippen LogP contribution in [0.2, 0.25) is 0 Å². The Balaban J connectivity index is 2.65. The minimum Gasteiger partial charge on any atom is -0.479 e. The summed E-state index contributed by atoms with van der Waals surface area (Å²) in [7, 11) is 0. The number of alkyl halides is 3. The summed E-state index contributed by atoms with van der Waals surface area (Å²) in [5, 5.41) is 12.1. The molecule has 1 rings (SSSR count). The highest BCUT2D eigenvalue weighted by atomic mass is 19.4. The molecule has 1 unspecified atom stereocenters. The van der Waals surface area contributed by atoms with Gasteiger partial charge < -0.3 is 20.2 Å². The molecule has 1 heterocycles. The number of halogens is 3. The van der Waals surface area contributed by atoms with E-state index in [9.17, 15) is 22.8 Å². The van der Waals surface area contributed by atoms with E-state index in [0.29, 0.717) is 12.5 Å². The maximum absolute atomic E-state index is 12.6. The van der Waals surface area contributed by atoms with E-state index >= 15 is 0 Å². The summed E-state index contributed by atoms with van der Waals surface area (Å²) in [4.78, 5) is 21.9. The molecule has 0 radical (unpaired) electrons. The van der Waals surface area contributed by atoms with Crippen molar-refractivity contribution in [1.29, 1.82) is 0 Å². The molecule has 1 atom stereocenters. The molecule has 0 saturated carbocycles. The monoisotopic (exact) mass is 280 g/mol. The highest BCUT2D eigenvalue weighted by Crippen LogP contribution is 2.30. The van der Waals surface area contributed by atoms with Gasteiger partial charge in [0.2, 0.25) is 5.54 Å². The average Bonchev–Trinajstić information content (AvgIpc) is 2.77. The van der Waals surface area contributed by atoms with Crippen molar-refractivity contribution in [2.75, 3.05) is 0 Å². The second kappa shape index (κ2) is 5.21. The SMILES string of the molecule is CC(NC(=O)NCc1ccoc1)(C(=O)O)C(F)(F)F. The third kappa shape index (κ3) is 3.39. The Bertz CT molecular complexity index is 458. The fourth-order valence-corrected chi connectivity index (χ4v) is 1.09. The molecule has 9 heteroatoms. The van der Waals surface area contributed by atoms with Gasteiger partial charge in [0.25, 0.3) is 0 Å². The number of carbonyl (C=O) groups is 2. The fourth-order valence-electron chi connectivity index (χ4n) is 1.09. The van der Waals surface area contributed by atoms with Crippen LogP contribution < -0.4 is 10.6 Å². The van der Waals surface area contributed by atoms with Gasteiger partial charge in [0.05, 0.1) is 12.5 Å². The van der Waals surface area contributed by atoms with Gasteiger partial charge in [0, 0.05) is 12.1 Å². The Labute approximate surface area is 105 Å². The number of furan rings is 1. The van der Waals surface area contributed by atoms with E-state index in [2.05, 4.69) is 5.32 Å². The van der Waals surface area contributed by atoms with Crippen molar-refractivity contribution in [2.45, 2.75) is 25.2 Å². The average molecular weight is 280 g/mol. The Hall–Kier alpha value is -2.19. The summed E-state index contributed by atoms with van der Waals surface area (Å²) in [5.74, 6) is -2.20. The van der Waals surface area contributed by atoms with Crippen LogP contribution in [0.1, 0.15) is 12.5 Å². The maximum Gasteiger partial charge on any atom is 0.422 e. The molecule has 2 amide bonds. The Morgan fingerprint density at radius 2 is 2.05 bits per heavy atom. The van der Waals surface area contributed by atoms with Gasteiger partial charge in [-0.05, 0) is 13.0 Å². The van der Waals surface area contributed by atoms with Gasteiger partial charge in [-0.15, -0.1) is 0 Å². The van der Waals surface area contributed by atoms with Crippen molar-refractivity contribution in [3.8, 4) is 0 Å². The predicted molar refractivity (Wildman–Crippen MR) is 56.2 cm³/mol. The number of carbonyl (C=O) groups excluding carboxylic acids is 1. The van der Waals surface area contributed by atoms with E-state index < -0.39 is 23.7 Å². The Morgan fingerprint density at radius 1 is 1.42 bits per heavy atom. The van der Waals surface area contributed by atoms with Crippen LogP contribution in [0.4, 0.5) is 18.0 Å². The first-order valence-corrected chi connectivity index (χ1v) is 5.04. The fraction of sp³-hybridized carbons (Fsp3) is 0.400. The van der Waals surface area contributed by atoms with Crippen LogP contribution in [-0.2, 0) is 11.3 Å². The van der Waals surface area contributed by atoms with Gasteiger partial charge in [-0.25, -0.2) is 9.59 Å². The van der Waals surface area contributed by atoms with Crippen LogP contribution in [0.15, 0.2) is 23.0 Å². The number of urea groups is 1. The van der Waals surface area contributed by atoms with Gasteiger partial charge in [-0.2, -0.15) is 13.2 Å². The van der Waals surface area contributed by atoms with Crippen LogP contribution in [0, 0.1) is 0 Å². The highest BCUT2D eigenvalue weighted by Gasteiger charge is 2.58. The molecule has 0 spiro atoms. The van der Waals surface area contributed by atoms with E-state index in [0.717, 1.165) is 0 Å². The standard InChI is InChI=1S/C10H11F3N2O4/c1-9(7(16)17,10(11,12)13)15-8(18)14-4-6-2-3-19-5-6/h2-3,5H,4H2,1H3,(H,16,17)(H2,14,15,18). The zero-order valence-electron chi connectivity index (χ0n) is 9.75. The van der Waals surface area contributed by atoms with Crippen LogP contribution in [0.3, 0.4) is 0 Å². The first-order chi connectivity index (χ1) is 8.67. The zero-order valence-corrected chi connectivity index (χ0v) is 9.75. The molecular weight excluding hydrogens is 269 g/mol. The van der Waals surface area contributed by atoms with Crippen molar-refractivity contribution in [2.24, 2.45) is 0 Å². The van der Waals surface area contributed by atoms with E-state index in [4.69, 9.17) is 9.52 Å². The number of aliphatic carboxylic acids is 1. The molecule has 0 aliphatic rings. The Kier molecular flexibility index (Phi) is 4.07. The number of hydrogen-bond donors (Lipinski definition) is 3. The van der Waals surface area contributed by atoms with Crippen molar-refractivity contribution in [3.05, 3.63) is 24.2 Å². The van der Waals surface area contributed by atoms with Crippen molar-refractivity contribution in [1.82, 2.24) is 10.6 Å². The predicted octanol–water partition coefficient (Wildman–Crippen LogP) is 1.48. The lowest BCUT2D eigenvalue weighted by atomic mass is 10.0. The van der Waals surface area contributed by atoms with Gasteiger partial charge in [-0.1, -0.05) is 0 Å². The number of nitrogens with one attached hydrogen (secondary N) is 2. The molecular formula is C10H11F3N2O4. The number of rotatable bonds is 4. The third-order valence-electron chi connectivity index (χ3n) is 2.39. The second-order valence-electron chi connectivity index (χ2n) is 3.87. The Morgan fingerprint density at radius 3 is 2.47 bits per heavy atom. The molecule has 1 aromatic rings. The number of carboxylic acid groups (broad SMARTS) is 1. The smallest absolute Gasteiger partial charge is 0.422 e. The van der Waals surface area contributed by atoms with Crippen LogP contribution in [-0.4, -0.2) is 28.8 Å². The van der Waals surface area contributed by atoms with Gasteiger partial charge >= 0.3 is 18.2 Å². The van der Waals surface area contributed by atoms with Gasteiger partial charge in [0.1, 0.15) is 0 Å². The normalized spacial score (nSPS) is 14.5. The van der Waals surface area contributed by atoms with Crippen LogP contribution in [0.5, 0.6) is 0 Å². The lowest BCUT2D eigenvalue weighted by molar-refractivity contribution is -0.203. The maximum atomic E-state index is 12.6. The molecule has 0 aromatic carbocycles. The highest BCUT2D eigenvalue weighted by molar-refractivity contribution is 5.86. The summed E-state index contributed by atoms with van der Waals surface area (Å²) in [6.07, 6.45) is -2.50. The van der Waals surface area contributed by atoms with Crippen molar-refractivity contribution >= 4 is 12.0 Å². The van der Waals surface area contributed by atoms with Gasteiger partial charge in [-0.3, -0.25) is 0 Å². The van der Waals surface area contributed by atoms with Crippen molar-refractivity contribution in [3.63, 3.8) is 0 Å². The molecule has 3 N–H and O–H groups in total. The van der Waals surface area contributed by atoms with E-state index in [1.807, 2.05) is 0 Å². The minimum absolute atomic E-state index is 0.0874.